The predicted octanol–water partition coefficient (Wildman–Crippen LogP) is 2.04. The molecule has 1 unspecified atom stereocenters. The number of hydrogen-bond donors (Lipinski definition) is 2. The van der Waals surface area contributed by atoms with Crippen molar-refractivity contribution in [3.05, 3.63) is 29.8 Å². The van der Waals surface area contributed by atoms with Crippen LogP contribution in [-0.4, -0.2) is 28.8 Å². The lowest BCUT2D eigenvalue weighted by atomic mass is 10.2. The van der Waals surface area contributed by atoms with Crippen molar-refractivity contribution < 1.29 is 23.5 Å². The molecule has 7 heteroatoms. The van der Waals surface area contributed by atoms with Crippen molar-refractivity contribution in [2.24, 2.45) is 0 Å². The second-order valence-electron chi connectivity index (χ2n) is 3.73. The summed E-state index contributed by atoms with van der Waals surface area (Å²) in [4.78, 5) is 22.6. The fraction of sp³-hybridized carbons (Fsp3) is 0.333. The van der Waals surface area contributed by atoms with Gasteiger partial charge in [-0.1, -0.05) is 6.92 Å². The first-order chi connectivity index (χ1) is 8.93. The number of carbonyl (C=O) groups excluding carboxylic acids is 1. The maximum Gasteiger partial charge on any atom is 0.326 e. The highest BCUT2D eigenvalue weighted by Gasteiger charge is 2.17. The molecule has 1 aromatic rings. The number of aliphatic carboxylic acids is 1. The SMILES string of the molecule is CCC(NC(=O)CSc1ccc(F)c(F)c1)C(=O)O. The minimum atomic E-state index is -1.10. The fourth-order valence-electron chi connectivity index (χ4n) is 1.29. The number of thioether (sulfide) groups is 1. The molecule has 1 aromatic carbocycles. The molecule has 0 saturated heterocycles. The van der Waals surface area contributed by atoms with Crippen LogP contribution in [0.25, 0.3) is 0 Å². The first-order valence-electron chi connectivity index (χ1n) is 5.54. The van der Waals surface area contributed by atoms with Gasteiger partial charge in [-0.25, -0.2) is 13.6 Å². The Kier molecular flexibility index (Phi) is 5.75. The molecule has 0 aliphatic rings. The van der Waals surface area contributed by atoms with E-state index in [-0.39, 0.29) is 12.2 Å². The van der Waals surface area contributed by atoms with E-state index in [0.29, 0.717) is 4.90 Å². The Bertz CT molecular complexity index is 482. The summed E-state index contributed by atoms with van der Waals surface area (Å²) in [6.07, 6.45) is 0.275. The van der Waals surface area contributed by atoms with Gasteiger partial charge >= 0.3 is 5.97 Å². The monoisotopic (exact) mass is 289 g/mol. The lowest BCUT2D eigenvalue weighted by Gasteiger charge is -2.11. The summed E-state index contributed by atoms with van der Waals surface area (Å²) in [5, 5.41) is 11.1. The summed E-state index contributed by atoms with van der Waals surface area (Å²) >= 11 is 1.00. The van der Waals surface area contributed by atoms with Gasteiger partial charge in [-0.15, -0.1) is 11.8 Å². The van der Waals surface area contributed by atoms with Gasteiger partial charge in [-0.2, -0.15) is 0 Å². The van der Waals surface area contributed by atoms with Gasteiger partial charge in [0.15, 0.2) is 11.6 Å². The van der Waals surface area contributed by atoms with E-state index in [2.05, 4.69) is 5.32 Å². The number of rotatable bonds is 6. The molecule has 2 N–H and O–H groups in total. The van der Waals surface area contributed by atoms with Crippen LogP contribution in [0.5, 0.6) is 0 Å². The molecule has 4 nitrogen and oxygen atoms in total. The quantitative estimate of drug-likeness (QED) is 0.786. The highest BCUT2D eigenvalue weighted by molar-refractivity contribution is 8.00. The Morgan fingerprint density at radius 2 is 2.05 bits per heavy atom. The molecule has 0 radical (unpaired) electrons. The molecule has 0 saturated carbocycles. The van der Waals surface area contributed by atoms with Crippen LogP contribution >= 0.6 is 11.8 Å². The molecule has 0 spiro atoms. The number of carbonyl (C=O) groups is 2. The van der Waals surface area contributed by atoms with Gasteiger partial charge in [0.25, 0.3) is 0 Å². The number of carboxylic acid groups (broad SMARTS) is 1. The molecular formula is C12H13F2NO3S. The average molecular weight is 289 g/mol. The highest BCUT2D eigenvalue weighted by Crippen LogP contribution is 2.20. The van der Waals surface area contributed by atoms with Crippen LogP contribution in [0.15, 0.2) is 23.1 Å². The minimum absolute atomic E-state index is 0.0607. The zero-order valence-electron chi connectivity index (χ0n) is 10.2. The number of carboxylic acids is 1. The maximum atomic E-state index is 12.9. The van der Waals surface area contributed by atoms with Gasteiger partial charge < -0.3 is 10.4 Å². The van der Waals surface area contributed by atoms with Gasteiger partial charge in [0.2, 0.25) is 5.91 Å². The van der Waals surface area contributed by atoms with Crippen molar-refractivity contribution in [1.29, 1.82) is 0 Å². The smallest absolute Gasteiger partial charge is 0.326 e. The van der Waals surface area contributed by atoms with E-state index < -0.39 is 29.6 Å². The molecule has 1 amide bonds. The van der Waals surface area contributed by atoms with E-state index in [9.17, 15) is 18.4 Å². The summed E-state index contributed by atoms with van der Waals surface area (Å²) in [7, 11) is 0. The van der Waals surface area contributed by atoms with E-state index in [1.165, 1.54) is 6.07 Å². The van der Waals surface area contributed by atoms with Gasteiger partial charge in [0.05, 0.1) is 5.75 Å². The first kappa shape index (κ1) is 15.4. The van der Waals surface area contributed by atoms with Crippen molar-refractivity contribution in [3.63, 3.8) is 0 Å². The predicted molar refractivity (Wildman–Crippen MR) is 66.9 cm³/mol. The third-order valence-corrected chi connectivity index (χ3v) is 3.30. The van der Waals surface area contributed by atoms with E-state index in [1.807, 2.05) is 0 Å². The van der Waals surface area contributed by atoms with E-state index in [4.69, 9.17) is 5.11 Å². The van der Waals surface area contributed by atoms with Gasteiger partial charge in [0.1, 0.15) is 6.04 Å². The largest absolute Gasteiger partial charge is 0.480 e. The van der Waals surface area contributed by atoms with Crippen molar-refractivity contribution >= 4 is 23.6 Å². The molecule has 0 aromatic heterocycles. The Balaban J connectivity index is 2.49. The molecule has 1 atom stereocenters. The van der Waals surface area contributed by atoms with Gasteiger partial charge in [-0.05, 0) is 24.6 Å². The number of amides is 1. The fourth-order valence-corrected chi connectivity index (χ4v) is 2.02. The van der Waals surface area contributed by atoms with Crippen LogP contribution in [0.2, 0.25) is 0 Å². The lowest BCUT2D eigenvalue weighted by molar-refractivity contribution is -0.141. The molecule has 19 heavy (non-hydrogen) atoms. The van der Waals surface area contributed by atoms with Crippen molar-refractivity contribution in [2.45, 2.75) is 24.3 Å². The molecular weight excluding hydrogens is 276 g/mol. The third-order valence-electron chi connectivity index (χ3n) is 2.30. The summed E-state index contributed by atoms with van der Waals surface area (Å²) in [6, 6.07) is 2.38. The summed E-state index contributed by atoms with van der Waals surface area (Å²) in [5.74, 6) is -3.57. The lowest BCUT2D eigenvalue weighted by Crippen LogP contribution is -2.41. The second-order valence-corrected chi connectivity index (χ2v) is 4.78. The van der Waals surface area contributed by atoms with Crippen LogP contribution in [0.4, 0.5) is 8.78 Å². The topological polar surface area (TPSA) is 66.4 Å². The zero-order valence-corrected chi connectivity index (χ0v) is 11.0. The number of nitrogens with one attached hydrogen (secondary N) is 1. The van der Waals surface area contributed by atoms with E-state index >= 15 is 0 Å². The molecule has 1 rings (SSSR count). The molecule has 0 aliphatic carbocycles. The van der Waals surface area contributed by atoms with Crippen molar-refractivity contribution in [3.8, 4) is 0 Å². The van der Waals surface area contributed by atoms with Gasteiger partial charge in [0, 0.05) is 4.90 Å². The summed E-state index contributed by atoms with van der Waals surface area (Å²) < 4.78 is 25.6. The van der Waals surface area contributed by atoms with Crippen LogP contribution < -0.4 is 5.32 Å². The molecule has 0 fully saturated rings. The minimum Gasteiger partial charge on any atom is -0.480 e. The summed E-state index contributed by atoms with van der Waals surface area (Å²) in [6.45, 7) is 1.64. The van der Waals surface area contributed by atoms with E-state index in [1.54, 1.807) is 6.92 Å². The van der Waals surface area contributed by atoms with Crippen LogP contribution in [0.3, 0.4) is 0 Å². The maximum absolute atomic E-state index is 12.9. The van der Waals surface area contributed by atoms with E-state index in [0.717, 1.165) is 23.9 Å². The Hall–Kier alpha value is -1.63. The first-order valence-corrected chi connectivity index (χ1v) is 6.52. The average Bonchev–Trinajstić information content (AvgIpc) is 2.37. The van der Waals surface area contributed by atoms with Crippen molar-refractivity contribution in [2.75, 3.05) is 5.75 Å². The Morgan fingerprint density at radius 3 is 2.58 bits per heavy atom. The summed E-state index contributed by atoms with van der Waals surface area (Å²) in [5.41, 5.74) is 0. The number of benzene rings is 1. The molecule has 104 valence electrons. The Morgan fingerprint density at radius 1 is 1.37 bits per heavy atom. The number of hydrogen-bond acceptors (Lipinski definition) is 3. The van der Waals surface area contributed by atoms with Gasteiger partial charge in [-0.3, -0.25) is 4.79 Å². The zero-order chi connectivity index (χ0) is 14.4. The normalized spacial score (nSPS) is 11.9. The van der Waals surface area contributed by atoms with Crippen LogP contribution in [0.1, 0.15) is 13.3 Å². The standard InChI is InChI=1S/C12H13F2NO3S/c1-2-10(12(17)18)15-11(16)6-19-7-3-4-8(13)9(14)5-7/h3-5,10H,2,6H2,1H3,(H,15,16)(H,17,18). The van der Waals surface area contributed by atoms with Crippen molar-refractivity contribution in [1.82, 2.24) is 5.32 Å². The highest BCUT2D eigenvalue weighted by atomic mass is 32.2. The van der Waals surface area contributed by atoms with Crippen LogP contribution in [-0.2, 0) is 9.59 Å². The second kappa shape index (κ2) is 7.08. The Labute approximate surface area is 113 Å². The molecule has 0 heterocycles. The van der Waals surface area contributed by atoms with Crippen LogP contribution in [0, 0.1) is 11.6 Å². The number of halogens is 2. The molecule has 0 bridgehead atoms. The molecule has 0 aliphatic heterocycles. The third kappa shape index (κ3) is 4.86.